The molecule has 31 heavy (non-hydrogen) atoms. The van der Waals surface area contributed by atoms with Crippen molar-refractivity contribution in [2.45, 2.75) is 109 Å². The Morgan fingerprint density at radius 2 is 0.935 bits per heavy atom. The van der Waals surface area contributed by atoms with Gasteiger partial charge in [0.2, 0.25) is 0 Å². The smallest absolute Gasteiger partial charge is 0.0606 e. The summed E-state index contributed by atoms with van der Waals surface area (Å²) >= 11 is 0. The molecule has 4 heteroatoms. The average Bonchev–Trinajstić information content (AvgIpc) is 2.82. The molecule has 0 spiro atoms. The largest absolute Gasteiger partial charge is 0.354 e. The zero-order valence-corrected chi connectivity index (χ0v) is 19.2. The van der Waals surface area contributed by atoms with Gasteiger partial charge in [-0.15, -0.1) is 0 Å². The van der Waals surface area contributed by atoms with E-state index in [0.29, 0.717) is 12.1 Å². The summed E-state index contributed by atoms with van der Waals surface area (Å²) in [6, 6.07) is 9.85. The van der Waals surface area contributed by atoms with Gasteiger partial charge in [0.15, 0.2) is 0 Å². The molecule has 0 atom stereocenters. The summed E-state index contributed by atoms with van der Waals surface area (Å²) in [5.41, 5.74) is 0. The first kappa shape index (κ1) is 22.1. The minimum atomic E-state index is 0.553. The third-order valence-corrected chi connectivity index (χ3v) is 6.89. The Morgan fingerprint density at radius 1 is 0.548 bits per heavy atom. The van der Waals surface area contributed by atoms with Crippen LogP contribution in [0.3, 0.4) is 0 Å². The number of aryl methyl sites for hydroxylation is 2. The van der Waals surface area contributed by atoms with Crippen molar-refractivity contribution in [3.8, 4) is 0 Å². The molecule has 0 aromatic carbocycles. The van der Waals surface area contributed by atoms with Gasteiger partial charge in [-0.3, -0.25) is 9.98 Å². The maximum atomic E-state index is 4.92. The molecule has 0 N–H and O–H groups in total. The Kier molecular flexibility index (Phi) is 8.61. The van der Waals surface area contributed by atoms with E-state index in [1.807, 2.05) is 0 Å². The van der Waals surface area contributed by atoms with E-state index in [1.165, 1.54) is 83.5 Å². The quantitative estimate of drug-likeness (QED) is 0.496. The third-order valence-electron chi connectivity index (χ3n) is 6.89. The van der Waals surface area contributed by atoms with E-state index in [0.717, 1.165) is 23.8 Å². The van der Waals surface area contributed by atoms with Crippen molar-refractivity contribution in [2.24, 2.45) is 9.98 Å². The second-order valence-corrected chi connectivity index (χ2v) is 9.49. The predicted molar refractivity (Wildman–Crippen MR) is 128 cm³/mol. The number of rotatable bonds is 8. The van der Waals surface area contributed by atoms with Crippen LogP contribution < -0.4 is 10.7 Å². The topological polar surface area (TPSA) is 34.6 Å². The van der Waals surface area contributed by atoms with Gasteiger partial charge in [-0.05, 0) is 69.2 Å². The van der Waals surface area contributed by atoms with Crippen LogP contribution in [0, 0.1) is 0 Å². The minimum absolute atomic E-state index is 0.553. The Bertz CT molecular complexity index is 795. The van der Waals surface area contributed by atoms with Crippen LogP contribution in [0.4, 0.5) is 0 Å². The molecule has 2 heterocycles. The lowest BCUT2D eigenvalue weighted by Gasteiger charge is -2.17. The summed E-state index contributed by atoms with van der Waals surface area (Å²) in [6.07, 6.45) is 25.7. The molecule has 0 radical (unpaired) electrons. The Balaban J connectivity index is 1.15. The van der Waals surface area contributed by atoms with Crippen molar-refractivity contribution in [1.29, 1.82) is 0 Å². The summed E-state index contributed by atoms with van der Waals surface area (Å²) in [4.78, 5) is 9.84. The first-order valence-corrected chi connectivity index (χ1v) is 12.7. The second-order valence-electron chi connectivity index (χ2n) is 9.49. The Morgan fingerprint density at radius 3 is 1.32 bits per heavy atom. The highest BCUT2D eigenvalue weighted by Crippen LogP contribution is 2.20. The van der Waals surface area contributed by atoms with Crippen LogP contribution in [0.15, 0.2) is 59.0 Å². The molecule has 2 aliphatic rings. The molecule has 2 aromatic heterocycles. The van der Waals surface area contributed by atoms with E-state index in [9.17, 15) is 0 Å². The van der Waals surface area contributed by atoms with Crippen LogP contribution in [-0.2, 0) is 13.1 Å². The number of pyridine rings is 2. The van der Waals surface area contributed by atoms with Gasteiger partial charge in [0, 0.05) is 37.9 Å². The average molecular weight is 421 g/mol. The minimum Gasteiger partial charge on any atom is -0.354 e. The van der Waals surface area contributed by atoms with Crippen molar-refractivity contribution in [1.82, 2.24) is 9.13 Å². The maximum absolute atomic E-state index is 4.92. The van der Waals surface area contributed by atoms with E-state index in [-0.39, 0.29) is 0 Å². The molecule has 2 saturated carbocycles. The summed E-state index contributed by atoms with van der Waals surface area (Å²) in [5, 5.41) is 2.30. The molecule has 2 aliphatic carbocycles. The van der Waals surface area contributed by atoms with Gasteiger partial charge in [-0.2, -0.15) is 0 Å². The van der Waals surface area contributed by atoms with Gasteiger partial charge in [0.1, 0.15) is 0 Å². The fourth-order valence-corrected chi connectivity index (χ4v) is 4.98. The number of unbranched alkanes of at least 4 members (excludes halogenated alkanes) is 2. The van der Waals surface area contributed by atoms with Gasteiger partial charge in [0.05, 0.1) is 22.8 Å². The van der Waals surface area contributed by atoms with Gasteiger partial charge in [-0.25, -0.2) is 0 Å². The molecule has 2 aromatic rings. The van der Waals surface area contributed by atoms with Crippen molar-refractivity contribution in [3.63, 3.8) is 0 Å². The molecule has 0 bridgehead atoms. The standard InChI is InChI=1S/C27H40N4/c1-4-10-24(11-5-1)28-26-14-20-30(21-15-26)18-8-3-9-19-31-22-16-27(17-23-31)29-25-12-6-2-7-13-25/h14-17,20-25H,1-13,18-19H2. The molecule has 168 valence electrons. The summed E-state index contributed by atoms with van der Waals surface area (Å²) in [6.45, 7) is 2.18. The van der Waals surface area contributed by atoms with E-state index >= 15 is 0 Å². The summed E-state index contributed by atoms with van der Waals surface area (Å²) in [5.74, 6) is 0. The molecular formula is C27H40N4. The highest BCUT2D eigenvalue weighted by atomic mass is 14.9. The molecule has 0 unspecified atom stereocenters. The number of nitrogens with zero attached hydrogens (tertiary/aromatic N) is 4. The van der Waals surface area contributed by atoms with Crippen LogP contribution in [0.1, 0.15) is 83.5 Å². The van der Waals surface area contributed by atoms with E-state index in [2.05, 4.69) is 58.2 Å². The van der Waals surface area contributed by atoms with E-state index in [4.69, 9.17) is 9.98 Å². The second kappa shape index (κ2) is 12.1. The number of hydrogen-bond donors (Lipinski definition) is 0. The highest BCUT2D eigenvalue weighted by Gasteiger charge is 2.11. The molecule has 2 fully saturated rings. The summed E-state index contributed by atoms with van der Waals surface area (Å²) < 4.78 is 4.60. The fourth-order valence-electron chi connectivity index (χ4n) is 4.98. The van der Waals surface area contributed by atoms with Crippen LogP contribution >= 0.6 is 0 Å². The predicted octanol–water partition coefficient (Wildman–Crippen LogP) is 5.63. The monoisotopic (exact) mass is 420 g/mol. The van der Waals surface area contributed by atoms with E-state index in [1.54, 1.807) is 0 Å². The lowest BCUT2D eigenvalue weighted by molar-refractivity contribution is 0.437. The van der Waals surface area contributed by atoms with E-state index < -0.39 is 0 Å². The lowest BCUT2D eigenvalue weighted by Crippen LogP contribution is -2.15. The van der Waals surface area contributed by atoms with Crippen molar-refractivity contribution in [2.75, 3.05) is 0 Å². The fraction of sp³-hybridized carbons (Fsp3) is 0.630. The maximum Gasteiger partial charge on any atom is 0.0606 e. The lowest BCUT2D eigenvalue weighted by atomic mass is 9.96. The summed E-state index contributed by atoms with van der Waals surface area (Å²) in [7, 11) is 0. The van der Waals surface area contributed by atoms with Crippen LogP contribution in [-0.4, -0.2) is 21.2 Å². The highest BCUT2D eigenvalue weighted by molar-refractivity contribution is 4.95. The molecule has 4 nitrogen and oxygen atoms in total. The number of aromatic nitrogens is 2. The number of hydrogen-bond acceptors (Lipinski definition) is 2. The van der Waals surface area contributed by atoms with Crippen LogP contribution in [0.25, 0.3) is 0 Å². The van der Waals surface area contributed by atoms with Gasteiger partial charge >= 0.3 is 0 Å². The molecule has 0 aliphatic heterocycles. The SMILES string of the molecule is c1cn(CCCCCn2ccc(=NC3CCCCC3)cc2)ccc1=NC1CCCCC1. The zero-order chi connectivity index (χ0) is 21.1. The normalized spacial score (nSPS) is 18.1. The Labute approximate surface area is 187 Å². The Hall–Kier alpha value is -2.10. The van der Waals surface area contributed by atoms with Crippen molar-refractivity contribution >= 4 is 0 Å². The van der Waals surface area contributed by atoms with Crippen LogP contribution in [0.2, 0.25) is 0 Å². The van der Waals surface area contributed by atoms with Gasteiger partial charge in [0.25, 0.3) is 0 Å². The first-order chi connectivity index (χ1) is 15.3. The van der Waals surface area contributed by atoms with Crippen molar-refractivity contribution in [3.05, 3.63) is 59.8 Å². The first-order valence-electron chi connectivity index (χ1n) is 12.7. The van der Waals surface area contributed by atoms with Gasteiger partial charge in [-0.1, -0.05) is 38.5 Å². The zero-order valence-electron chi connectivity index (χ0n) is 19.2. The molecule has 0 saturated heterocycles. The third kappa shape index (κ3) is 7.52. The van der Waals surface area contributed by atoms with Gasteiger partial charge < -0.3 is 9.13 Å². The molecular weight excluding hydrogens is 380 g/mol. The molecule has 0 amide bonds. The van der Waals surface area contributed by atoms with Crippen LogP contribution in [0.5, 0.6) is 0 Å². The molecule has 4 rings (SSSR count). The van der Waals surface area contributed by atoms with Crippen molar-refractivity contribution < 1.29 is 0 Å².